The summed E-state index contributed by atoms with van der Waals surface area (Å²) in [7, 11) is 0. The molecular weight excluding hydrogens is 94.0 g/mol. The number of hydrogen-bond acceptors (Lipinski definition) is 2. The minimum absolute atomic E-state index is 0.540. The third-order valence-corrected chi connectivity index (χ3v) is 0.344. The summed E-state index contributed by atoms with van der Waals surface area (Å²) in [4.78, 5) is 8.89. The molecule has 0 aromatic carbocycles. The summed E-state index contributed by atoms with van der Waals surface area (Å²) in [5, 5.41) is 9.43. The lowest BCUT2D eigenvalue weighted by molar-refractivity contribution is -0.402. The fourth-order valence-corrected chi connectivity index (χ4v) is 0.131. The maximum absolute atomic E-state index is 9.43. The van der Waals surface area contributed by atoms with Crippen molar-refractivity contribution >= 4 is 0 Å². The molecular formula is C4H5NO2. The molecule has 0 aromatic rings. The monoisotopic (exact) mass is 99.0 g/mol. The Balaban J connectivity index is 3.46. The van der Waals surface area contributed by atoms with Crippen LogP contribution in [0.15, 0.2) is 24.9 Å². The van der Waals surface area contributed by atoms with Crippen molar-refractivity contribution in [1.29, 1.82) is 0 Å². The van der Waals surface area contributed by atoms with E-state index in [9.17, 15) is 10.1 Å². The van der Waals surface area contributed by atoms with Crippen molar-refractivity contribution in [3.8, 4) is 0 Å². The van der Waals surface area contributed by atoms with E-state index in [4.69, 9.17) is 0 Å². The Labute approximate surface area is 41.1 Å². The van der Waals surface area contributed by atoms with Gasteiger partial charge in [-0.25, -0.2) is 0 Å². The Morgan fingerprint density at radius 3 is 2.43 bits per heavy atom. The van der Waals surface area contributed by atoms with Crippen LogP contribution in [0.1, 0.15) is 0 Å². The zero-order valence-electron chi connectivity index (χ0n) is 3.70. The molecule has 3 nitrogen and oxygen atoms in total. The number of nitrogens with zero attached hydrogens (tertiary/aromatic N) is 1. The largest absolute Gasteiger partial charge is 0.259 e. The molecule has 7 heavy (non-hydrogen) atoms. The zero-order valence-corrected chi connectivity index (χ0v) is 3.70. The van der Waals surface area contributed by atoms with Gasteiger partial charge in [0, 0.05) is 6.08 Å². The molecule has 3 heteroatoms. The lowest BCUT2D eigenvalue weighted by Gasteiger charge is -1.70. The molecule has 0 aromatic heterocycles. The molecule has 0 amide bonds. The number of nitro groups is 1. The summed E-state index contributed by atoms with van der Waals surface area (Å²) in [5.74, 6) is 0. The smallest absolute Gasteiger partial charge is 0.234 e. The molecule has 0 bridgehead atoms. The lowest BCUT2D eigenvalue weighted by Crippen LogP contribution is -1.79. The fourth-order valence-electron chi connectivity index (χ4n) is 0.131. The number of rotatable bonds is 2. The van der Waals surface area contributed by atoms with E-state index < -0.39 is 4.92 Å². The molecule has 0 radical (unpaired) electrons. The van der Waals surface area contributed by atoms with Gasteiger partial charge in [-0.05, 0) is 0 Å². The van der Waals surface area contributed by atoms with Crippen molar-refractivity contribution in [2.45, 2.75) is 0 Å². The third kappa shape index (κ3) is 4.88. The molecule has 0 saturated carbocycles. The highest BCUT2D eigenvalue weighted by molar-refractivity contribution is 4.92. The lowest BCUT2D eigenvalue weighted by atomic mass is 10.6. The topological polar surface area (TPSA) is 43.1 Å². The predicted octanol–water partition coefficient (Wildman–Crippen LogP) is 0.963. The van der Waals surface area contributed by atoms with Crippen LogP contribution in [0.4, 0.5) is 0 Å². The van der Waals surface area contributed by atoms with Gasteiger partial charge in [-0.15, -0.1) is 0 Å². The first-order valence-electron chi connectivity index (χ1n) is 1.70. The van der Waals surface area contributed by atoms with Crippen LogP contribution in [0, 0.1) is 10.1 Å². The van der Waals surface area contributed by atoms with E-state index in [-0.39, 0.29) is 0 Å². The van der Waals surface area contributed by atoms with E-state index in [1.165, 1.54) is 12.2 Å². The Kier molecular flexibility index (Phi) is 2.59. The van der Waals surface area contributed by atoms with Crippen molar-refractivity contribution in [2.24, 2.45) is 0 Å². The van der Waals surface area contributed by atoms with Gasteiger partial charge in [0.05, 0.1) is 4.92 Å². The van der Waals surface area contributed by atoms with Gasteiger partial charge in [-0.1, -0.05) is 12.7 Å². The van der Waals surface area contributed by atoms with E-state index in [0.717, 1.165) is 6.20 Å². The molecule has 0 heterocycles. The predicted molar refractivity (Wildman–Crippen MR) is 26.3 cm³/mol. The van der Waals surface area contributed by atoms with Crippen LogP contribution >= 0.6 is 0 Å². The normalized spacial score (nSPS) is 9.14. The molecule has 0 atom stereocenters. The molecule has 0 aliphatic rings. The average Bonchev–Trinajstić information content (AvgIpc) is 1.61. The van der Waals surface area contributed by atoms with E-state index >= 15 is 0 Å². The summed E-state index contributed by atoms with van der Waals surface area (Å²) in [6.45, 7) is 3.24. The first-order valence-corrected chi connectivity index (χ1v) is 1.70. The SMILES string of the molecule is C=C/C=C\[N+](=O)[O-]. The second kappa shape index (κ2) is 3.08. The second-order valence-corrected chi connectivity index (χ2v) is 0.863. The summed E-state index contributed by atoms with van der Waals surface area (Å²) in [6, 6.07) is 0. The van der Waals surface area contributed by atoms with Gasteiger partial charge in [-0.2, -0.15) is 0 Å². The highest BCUT2D eigenvalue weighted by Gasteiger charge is 1.75. The second-order valence-electron chi connectivity index (χ2n) is 0.863. The van der Waals surface area contributed by atoms with Gasteiger partial charge in [-0.3, -0.25) is 10.1 Å². The summed E-state index contributed by atoms with van der Waals surface area (Å²) >= 11 is 0. The fraction of sp³-hybridized carbons (Fsp3) is 0. The Morgan fingerprint density at radius 2 is 2.29 bits per heavy atom. The van der Waals surface area contributed by atoms with Crippen molar-refractivity contribution in [3.05, 3.63) is 35.0 Å². The van der Waals surface area contributed by atoms with E-state index in [0.29, 0.717) is 0 Å². The first-order chi connectivity index (χ1) is 3.27. The third-order valence-electron chi connectivity index (χ3n) is 0.344. The Hall–Kier alpha value is -1.12. The highest BCUT2D eigenvalue weighted by atomic mass is 16.6. The average molecular weight is 99.1 g/mol. The standard InChI is InChI=1S/C4H5NO2/c1-2-3-4-5(6)7/h2-4H,1H2/b4-3-. The maximum Gasteiger partial charge on any atom is 0.234 e. The van der Waals surface area contributed by atoms with Crippen molar-refractivity contribution < 1.29 is 4.92 Å². The van der Waals surface area contributed by atoms with Crippen molar-refractivity contribution in [1.82, 2.24) is 0 Å². The molecule has 0 rings (SSSR count). The van der Waals surface area contributed by atoms with Gasteiger partial charge in [0.2, 0.25) is 6.20 Å². The van der Waals surface area contributed by atoms with Crippen LogP contribution in [0.2, 0.25) is 0 Å². The molecule has 0 N–H and O–H groups in total. The molecule has 38 valence electrons. The van der Waals surface area contributed by atoms with Gasteiger partial charge in [0.15, 0.2) is 0 Å². The van der Waals surface area contributed by atoms with Crippen LogP contribution in [-0.4, -0.2) is 4.92 Å². The van der Waals surface area contributed by atoms with Gasteiger partial charge in [0.1, 0.15) is 0 Å². The minimum atomic E-state index is -0.540. The molecule has 0 spiro atoms. The van der Waals surface area contributed by atoms with Gasteiger partial charge in [0.25, 0.3) is 0 Å². The quantitative estimate of drug-likeness (QED) is 0.294. The number of allylic oxidation sites excluding steroid dienone is 2. The Morgan fingerprint density at radius 1 is 1.71 bits per heavy atom. The highest BCUT2D eigenvalue weighted by Crippen LogP contribution is 1.71. The molecule has 0 unspecified atom stereocenters. The van der Waals surface area contributed by atoms with Crippen molar-refractivity contribution in [2.75, 3.05) is 0 Å². The van der Waals surface area contributed by atoms with E-state index in [2.05, 4.69) is 6.58 Å². The molecule has 0 fully saturated rings. The van der Waals surface area contributed by atoms with Gasteiger partial charge >= 0.3 is 0 Å². The molecule has 0 aliphatic heterocycles. The van der Waals surface area contributed by atoms with Crippen LogP contribution in [0.5, 0.6) is 0 Å². The molecule has 0 saturated heterocycles. The van der Waals surface area contributed by atoms with Crippen molar-refractivity contribution in [3.63, 3.8) is 0 Å². The van der Waals surface area contributed by atoms with Crippen LogP contribution < -0.4 is 0 Å². The zero-order chi connectivity index (χ0) is 5.70. The van der Waals surface area contributed by atoms with E-state index in [1.807, 2.05) is 0 Å². The number of hydrogen-bond donors (Lipinski definition) is 0. The summed E-state index contributed by atoms with van der Waals surface area (Å²) in [5.41, 5.74) is 0. The Bertz CT molecular complexity index is 106. The minimum Gasteiger partial charge on any atom is -0.259 e. The first kappa shape index (κ1) is 5.88. The maximum atomic E-state index is 9.43. The van der Waals surface area contributed by atoms with Crippen LogP contribution in [0.3, 0.4) is 0 Å². The van der Waals surface area contributed by atoms with E-state index in [1.54, 1.807) is 0 Å². The summed E-state index contributed by atoms with van der Waals surface area (Å²) in [6.07, 6.45) is 3.44. The summed E-state index contributed by atoms with van der Waals surface area (Å²) < 4.78 is 0. The van der Waals surface area contributed by atoms with Crippen LogP contribution in [0.25, 0.3) is 0 Å². The van der Waals surface area contributed by atoms with Crippen LogP contribution in [-0.2, 0) is 0 Å². The van der Waals surface area contributed by atoms with Gasteiger partial charge < -0.3 is 0 Å². The molecule has 0 aliphatic carbocycles.